The highest BCUT2D eigenvalue weighted by Gasteiger charge is 2.36. The van der Waals surface area contributed by atoms with Crippen LogP contribution in [0.4, 0.5) is 0 Å². The van der Waals surface area contributed by atoms with Crippen LogP contribution in [0.2, 0.25) is 5.02 Å². The molecule has 0 amide bonds. The standard InChI is InChI=1S/C38H28ClN3O5S/c1-2-45-37(44)33-34(23-10-4-3-5-11-23)40-38-42(35(33)24-16-17-30-31(18-24)47-22-46-30)36(43)32(48-38)19-26-21-41(29-15-9-7-13-27(26)29)20-25-12-6-8-14-28(25)39/h3-19,21,35H,2,20,22H2,1H3/b32-19-/t35-/m0/s1. The van der Waals surface area contributed by atoms with Crippen LogP contribution in [0.15, 0.2) is 119 Å². The lowest BCUT2D eigenvalue weighted by Crippen LogP contribution is -2.40. The van der Waals surface area contributed by atoms with Crippen molar-refractivity contribution < 1.29 is 19.0 Å². The zero-order chi connectivity index (χ0) is 32.8. The van der Waals surface area contributed by atoms with Gasteiger partial charge in [-0.15, -0.1) is 0 Å². The minimum atomic E-state index is -0.825. The molecule has 1 atom stereocenters. The fraction of sp³-hybridized carbons (Fsp3) is 0.132. The number of para-hydroxylation sites is 1. The van der Waals surface area contributed by atoms with Crippen molar-refractivity contribution in [1.29, 1.82) is 0 Å². The van der Waals surface area contributed by atoms with E-state index in [-0.39, 0.29) is 24.5 Å². The Morgan fingerprint density at radius 1 is 1.00 bits per heavy atom. The van der Waals surface area contributed by atoms with Crippen LogP contribution in [0.5, 0.6) is 11.5 Å². The summed E-state index contributed by atoms with van der Waals surface area (Å²) in [5, 5.41) is 1.69. The number of ether oxygens (including phenoxy) is 3. The number of nitrogens with zero attached hydrogens (tertiary/aromatic N) is 3. The van der Waals surface area contributed by atoms with Crippen molar-refractivity contribution in [3.63, 3.8) is 0 Å². The molecule has 10 heteroatoms. The van der Waals surface area contributed by atoms with Crippen molar-refractivity contribution in [3.8, 4) is 11.5 Å². The van der Waals surface area contributed by atoms with Crippen molar-refractivity contribution in [2.75, 3.05) is 13.4 Å². The van der Waals surface area contributed by atoms with E-state index < -0.39 is 12.0 Å². The topological polar surface area (TPSA) is 84.1 Å². The first-order chi connectivity index (χ1) is 23.5. The third-order valence-corrected chi connectivity index (χ3v) is 9.84. The maximum absolute atomic E-state index is 14.5. The molecule has 6 aromatic rings. The van der Waals surface area contributed by atoms with E-state index in [9.17, 15) is 9.59 Å². The zero-order valence-corrected chi connectivity index (χ0v) is 27.3. The summed E-state index contributed by atoms with van der Waals surface area (Å²) >= 11 is 7.81. The fourth-order valence-electron chi connectivity index (χ4n) is 6.31. The largest absolute Gasteiger partial charge is 0.463 e. The number of carbonyl (C=O) groups is 1. The lowest BCUT2D eigenvalue weighted by atomic mass is 9.93. The van der Waals surface area contributed by atoms with E-state index >= 15 is 0 Å². The summed E-state index contributed by atoms with van der Waals surface area (Å²) in [4.78, 5) is 33.8. The summed E-state index contributed by atoms with van der Waals surface area (Å²) in [6.07, 6.45) is 3.95. The van der Waals surface area contributed by atoms with E-state index in [1.54, 1.807) is 17.6 Å². The molecule has 4 heterocycles. The molecule has 0 saturated heterocycles. The van der Waals surface area contributed by atoms with Crippen LogP contribution < -0.4 is 24.4 Å². The van der Waals surface area contributed by atoms with Crippen LogP contribution in [0.3, 0.4) is 0 Å². The molecule has 0 unspecified atom stereocenters. The smallest absolute Gasteiger partial charge is 0.338 e. The van der Waals surface area contributed by atoms with Gasteiger partial charge >= 0.3 is 5.97 Å². The monoisotopic (exact) mass is 673 g/mol. The number of esters is 1. The molecule has 0 N–H and O–H groups in total. The van der Waals surface area contributed by atoms with Crippen molar-refractivity contribution in [1.82, 2.24) is 9.13 Å². The Morgan fingerprint density at radius 3 is 2.60 bits per heavy atom. The normalized spacial score (nSPS) is 15.5. The molecule has 4 aromatic carbocycles. The Morgan fingerprint density at radius 2 is 1.77 bits per heavy atom. The van der Waals surface area contributed by atoms with Gasteiger partial charge in [-0.25, -0.2) is 9.79 Å². The van der Waals surface area contributed by atoms with Crippen molar-refractivity contribution >= 4 is 51.6 Å². The van der Waals surface area contributed by atoms with E-state index in [4.69, 9.17) is 30.8 Å². The number of carbonyl (C=O) groups excluding carboxylic acids is 1. The summed E-state index contributed by atoms with van der Waals surface area (Å²) in [6.45, 7) is 2.60. The second-order valence-electron chi connectivity index (χ2n) is 11.4. The molecule has 8 nitrogen and oxygen atoms in total. The number of hydrogen-bond acceptors (Lipinski definition) is 7. The maximum Gasteiger partial charge on any atom is 0.338 e. The number of benzene rings is 4. The molecule has 2 aromatic heterocycles. The van der Waals surface area contributed by atoms with Crippen LogP contribution in [0, 0.1) is 0 Å². The van der Waals surface area contributed by atoms with E-state index in [2.05, 4.69) is 10.6 Å². The Hall–Kier alpha value is -5.38. The summed E-state index contributed by atoms with van der Waals surface area (Å²) in [7, 11) is 0. The number of thiazole rings is 1. The molecule has 2 aliphatic rings. The van der Waals surface area contributed by atoms with Gasteiger partial charge in [0, 0.05) is 39.8 Å². The number of aromatic nitrogens is 2. The van der Waals surface area contributed by atoms with Crippen LogP contribution in [0.25, 0.3) is 22.7 Å². The maximum atomic E-state index is 14.5. The molecule has 0 radical (unpaired) electrons. The first-order valence-electron chi connectivity index (χ1n) is 15.5. The molecule has 0 bridgehead atoms. The van der Waals surface area contributed by atoms with Crippen LogP contribution in [0.1, 0.15) is 35.2 Å². The molecule has 0 spiro atoms. The van der Waals surface area contributed by atoms with E-state index in [0.717, 1.165) is 27.6 Å². The number of halogens is 1. The predicted molar refractivity (Wildman–Crippen MR) is 186 cm³/mol. The molecule has 8 rings (SSSR count). The van der Waals surface area contributed by atoms with Gasteiger partial charge in [0.25, 0.3) is 5.56 Å². The van der Waals surface area contributed by atoms with Gasteiger partial charge in [-0.1, -0.05) is 95.7 Å². The van der Waals surface area contributed by atoms with Gasteiger partial charge in [-0.3, -0.25) is 9.36 Å². The van der Waals surface area contributed by atoms with E-state index in [0.29, 0.717) is 43.7 Å². The van der Waals surface area contributed by atoms with E-state index in [1.807, 2.05) is 97.2 Å². The minimum Gasteiger partial charge on any atom is -0.463 e. The molecule has 0 fully saturated rings. The third-order valence-electron chi connectivity index (χ3n) is 8.49. The third kappa shape index (κ3) is 5.21. The molecule has 2 aliphatic heterocycles. The highest BCUT2D eigenvalue weighted by molar-refractivity contribution is 7.07. The van der Waals surface area contributed by atoms with Crippen LogP contribution in [-0.4, -0.2) is 28.5 Å². The number of fused-ring (bicyclic) bond motifs is 3. The van der Waals surface area contributed by atoms with Gasteiger partial charge in [0.2, 0.25) is 6.79 Å². The minimum absolute atomic E-state index is 0.0987. The SMILES string of the molecule is CCOC(=O)C1=C(c2ccccc2)N=c2s/c(=C\c3cn(Cc4ccccc4Cl)c4ccccc34)c(=O)n2[C@H]1c1ccc2c(c1)OCO2. The molecule has 0 aliphatic carbocycles. The zero-order valence-electron chi connectivity index (χ0n) is 25.8. The van der Waals surface area contributed by atoms with Crippen LogP contribution in [-0.2, 0) is 16.1 Å². The molecule has 0 saturated carbocycles. The lowest BCUT2D eigenvalue weighted by molar-refractivity contribution is -0.138. The Kier molecular flexibility index (Phi) is 7.70. The van der Waals surface area contributed by atoms with E-state index in [1.165, 1.54) is 11.3 Å². The summed E-state index contributed by atoms with van der Waals surface area (Å²) in [5.74, 6) is 0.603. The second kappa shape index (κ2) is 12.3. The Balaban J connectivity index is 1.35. The highest BCUT2D eigenvalue weighted by Crippen LogP contribution is 2.40. The quantitative estimate of drug-likeness (QED) is 0.185. The average molecular weight is 674 g/mol. The van der Waals surface area contributed by atoms with Gasteiger partial charge in [0.1, 0.15) is 0 Å². The lowest BCUT2D eigenvalue weighted by Gasteiger charge is -2.26. The van der Waals surface area contributed by atoms with Gasteiger partial charge in [0.15, 0.2) is 16.3 Å². The van der Waals surface area contributed by atoms with Crippen molar-refractivity contribution in [2.24, 2.45) is 4.99 Å². The summed E-state index contributed by atoms with van der Waals surface area (Å²) in [6, 6.07) is 30.0. The number of hydrogen-bond donors (Lipinski definition) is 0. The van der Waals surface area contributed by atoms with Crippen molar-refractivity contribution in [2.45, 2.75) is 19.5 Å². The predicted octanol–water partition coefficient (Wildman–Crippen LogP) is 6.32. The Labute approximate surface area is 284 Å². The molecular formula is C38H28ClN3O5S. The highest BCUT2D eigenvalue weighted by atomic mass is 35.5. The summed E-state index contributed by atoms with van der Waals surface area (Å²) in [5.41, 5.74) is 4.79. The summed E-state index contributed by atoms with van der Waals surface area (Å²) < 4.78 is 21.1. The molecule has 238 valence electrons. The van der Waals surface area contributed by atoms with Gasteiger partial charge < -0.3 is 18.8 Å². The fourth-order valence-corrected chi connectivity index (χ4v) is 7.50. The number of rotatable bonds is 7. The Bertz CT molecular complexity index is 2440. The average Bonchev–Trinajstić information content (AvgIpc) is 3.81. The first kappa shape index (κ1) is 30.0. The van der Waals surface area contributed by atoms with Crippen molar-refractivity contribution in [3.05, 3.63) is 156 Å². The molecule has 48 heavy (non-hydrogen) atoms. The first-order valence-corrected chi connectivity index (χ1v) is 16.7. The van der Waals surface area contributed by atoms with Gasteiger partial charge in [0.05, 0.1) is 28.5 Å². The molecular weight excluding hydrogens is 646 g/mol. The van der Waals surface area contributed by atoms with Gasteiger partial charge in [-0.05, 0) is 48.4 Å². The van der Waals surface area contributed by atoms with Gasteiger partial charge in [-0.2, -0.15) is 0 Å². The second-order valence-corrected chi connectivity index (χ2v) is 12.8. The van der Waals surface area contributed by atoms with Crippen LogP contribution >= 0.6 is 22.9 Å².